The summed E-state index contributed by atoms with van der Waals surface area (Å²) >= 11 is 0. The van der Waals surface area contributed by atoms with Gasteiger partial charge in [0.2, 0.25) is 5.91 Å². The molecule has 21 heavy (non-hydrogen) atoms. The molecule has 1 amide bonds. The maximum atomic E-state index is 12.0. The van der Waals surface area contributed by atoms with Crippen LogP contribution in [-0.2, 0) is 17.8 Å². The Kier molecular flexibility index (Phi) is 4.48. The molecule has 0 bridgehead atoms. The third kappa shape index (κ3) is 3.23. The minimum atomic E-state index is 0.253. The Bertz CT molecular complexity index is 511. The Morgan fingerprint density at radius 2 is 2.43 bits per heavy atom. The average molecular weight is 288 g/mol. The van der Waals surface area contributed by atoms with Crippen molar-refractivity contribution < 1.29 is 4.79 Å². The van der Waals surface area contributed by atoms with E-state index in [0.29, 0.717) is 18.9 Å². The van der Waals surface area contributed by atoms with Crippen molar-refractivity contribution in [3.8, 4) is 0 Å². The highest BCUT2D eigenvalue weighted by Gasteiger charge is 2.24. The largest absolute Gasteiger partial charge is 0.338 e. The molecule has 3 heterocycles. The zero-order valence-electron chi connectivity index (χ0n) is 12.8. The molecule has 1 fully saturated rings. The fourth-order valence-corrected chi connectivity index (χ4v) is 3.19. The van der Waals surface area contributed by atoms with Crippen LogP contribution in [-0.4, -0.2) is 40.4 Å². The van der Waals surface area contributed by atoms with Crippen molar-refractivity contribution >= 4 is 5.91 Å². The zero-order valence-corrected chi connectivity index (χ0v) is 12.8. The highest BCUT2D eigenvalue weighted by atomic mass is 16.2. The highest BCUT2D eigenvalue weighted by molar-refractivity contribution is 5.76. The third-order valence-corrected chi connectivity index (χ3v) is 4.43. The molecule has 114 valence electrons. The first kappa shape index (κ1) is 14.4. The average Bonchev–Trinajstić information content (AvgIpc) is 2.55. The smallest absolute Gasteiger partial charge is 0.222 e. The molecule has 5 heteroatoms. The lowest BCUT2D eigenvalue weighted by Crippen LogP contribution is -2.36. The fourth-order valence-electron chi connectivity index (χ4n) is 3.19. The number of carbonyl (C=O) groups excluding carboxylic acids is 1. The Morgan fingerprint density at radius 1 is 1.52 bits per heavy atom. The first-order valence-corrected chi connectivity index (χ1v) is 8.11. The number of nitrogens with one attached hydrogen (secondary N) is 1. The van der Waals surface area contributed by atoms with Crippen LogP contribution in [0.1, 0.15) is 55.6 Å². The van der Waals surface area contributed by atoms with E-state index in [1.54, 1.807) is 0 Å². The van der Waals surface area contributed by atoms with Crippen LogP contribution < -0.4 is 5.32 Å². The molecule has 1 N–H and O–H groups in total. The van der Waals surface area contributed by atoms with Gasteiger partial charge < -0.3 is 10.2 Å². The summed E-state index contributed by atoms with van der Waals surface area (Å²) in [5.74, 6) is 1.68. The van der Waals surface area contributed by atoms with Gasteiger partial charge in [0, 0.05) is 50.2 Å². The van der Waals surface area contributed by atoms with Crippen molar-refractivity contribution in [2.45, 2.75) is 51.5 Å². The Morgan fingerprint density at radius 3 is 3.19 bits per heavy atom. The second kappa shape index (κ2) is 6.52. The fraction of sp³-hybridized carbons (Fsp3) is 0.688. The number of fused-ring (bicyclic) bond motifs is 1. The molecule has 0 aromatic carbocycles. The van der Waals surface area contributed by atoms with Gasteiger partial charge in [0.05, 0.1) is 5.69 Å². The molecule has 3 rings (SSSR count). The van der Waals surface area contributed by atoms with Crippen LogP contribution in [0.5, 0.6) is 0 Å². The van der Waals surface area contributed by atoms with Gasteiger partial charge in [-0.05, 0) is 25.8 Å². The van der Waals surface area contributed by atoms with Crippen LogP contribution in [0.25, 0.3) is 0 Å². The predicted octanol–water partition coefficient (Wildman–Crippen LogP) is 1.63. The molecule has 0 radical (unpaired) electrons. The van der Waals surface area contributed by atoms with Gasteiger partial charge in [-0.15, -0.1) is 0 Å². The van der Waals surface area contributed by atoms with E-state index in [4.69, 9.17) is 4.98 Å². The van der Waals surface area contributed by atoms with Crippen LogP contribution in [0.4, 0.5) is 0 Å². The quantitative estimate of drug-likeness (QED) is 0.918. The van der Waals surface area contributed by atoms with Gasteiger partial charge >= 0.3 is 0 Å². The Balaban J connectivity index is 1.71. The minimum absolute atomic E-state index is 0.253. The SMILES string of the molecule is CCCC(=O)N1CCc2nc(C3CCCNC3)ncc2C1. The normalized spacial score (nSPS) is 22.0. The summed E-state index contributed by atoms with van der Waals surface area (Å²) in [6.45, 7) is 5.61. The van der Waals surface area contributed by atoms with Crippen molar-refractivity contribution in [2.75, 3.05) is 19.6 Å². The van der Waals surface area contributed by atoms with Crippen molar-refractivity contribution in [3.05, 3.63) is 23.3 Å². The lowest BCUT2D eigenvalue weighted by atomic mass is 9.98. The number of rotatable bonds is 3. The molecular weight excluding hydrogens is 264 g/mol. The van der Waals surface area contributed by atoms with Crippen LogP contribution in [0, 0.1) is 0 Å². The summed E-state index contributed by atoms with van der Waals surface area (Å²) in [7, 11) is 0. The van der Waals surface area contributed by atoms with Gasteiger partial charge in [-0.25, -0.2) is 9.97 Å². The second-order valence-corrected chi connectivity index (χ2v) is 6.06. The first-order valence-electron chi connectivity index (χ1n) is 8.11. The number of hydrogen-bond acceptors (Lipinski definition) is 4. The Labute approximate surface area is 126 Å². The topological polar surface area (TPSA) is 58.1 Å². The lowest BCUT2D eigenvalue weighted by molar-refractivity contribution is -0.132. The number of amides is 1. The van der Waals surface area contributed by atoms with Crippen LogP contribution in [0.15, 0.2) is 6.20 Å². The second-order valence-electron chi connectivity index (χ2n) is 6.06. The molecule has 1 aromatic heterocycles. The van der Waals surface area contributed by atoms with E-state index >= 15 is 0 Å². The summed E-state index contributed by atoms with van der Waals surface area (Å²) in [6, 6.07) is 0. The molecule has 0 aliphatic carbocycles. The van der Waals surface area contributed by atoms with E-state index in [1.165, 1.54) is 12.8 Å². The van der Waals surface area contributed by atoms with Gasteiger partial charge in [0.1, 0.15) is 5.82 Å². The summed E-state index contributed by atoms with van der Waals surface area (Å²) < 4.78 is 0. The maximum absolute atomic E-state index is 12.0. The summed E-state index contributed by atoms with van der Waals surface area (Å²) in [6.07, 6.45) is 6.73. The first-order chi connectivity index (χ1) is 10.3. The summed E-state index contributed by atoms with van der Waals surface area (Å²) in [4.78, 5) is 23.3. The summed E-state index contributed by atoms with van der Waals surface area (Å²) in [5.41, 5.74) is 2.27. The highest BCUT2D eigenvalue weighted by Crippen LogP contribution is 2.23. The van der Waals surface area contributed by atoms with Gasteiger partial charge in [-0.3, -0.25) is 4.79 Å². The minimum Gasteiger partial charge on any atom is -0.338 e. The van der Waals surface area contributed by atoms with E-state index in [-0.39, 0.29) is 5.91 Å². The molecule has 1 saturated heterocycles. The molecule has 2 aliphatic heterocycles. The molecule has 1 unspecified atom stereocenters. The van der Waals surface area contributed by atoms with Crippen molar-refractivity contribution in [1.82, 2.24) is 20.2 Å². The van der Waals surface area contributed by atoms with Crippen molar-refractivity contribution in [2.24, 2.45) is 0 Å². The molecule has 0 saturated carbocycles. The number of aromatic nitrogens is 2. The third-order valence-electron chi connectivity index (χ3n) is 4.43. The number of piperidine rings is 1. The van der Waals surface area contributed by atoms with E-state index in [2.05, 4.69) is 10.3 Å². The monoisotopic (exact) mass is 288 g/mol. The van der Waals surface area contributed by atoms with Gasteiger partial charge in [0.25, 0.3) is 0 Å². The predicted molar refractivity (Wildman–Crippen MR) is 80.9 cm³/mol. The van der Waals surface area contributed by atoms with Gasteiger partial charge in [-0.1, -0.05) is 6.92 Å². The molecular formula is C16H24N4O. The lowest BCUT2D eigenvalue weighted by Gasteiger charge is -2.29. The Hall–Kier alpha value is -1.49. The molecule has 1 atom stereocenters. The van der Waals surface area contributed by atoms with E-state index in [0.717, 1.165) is 49.6 Å². The number of hydrogen-bond donors (Lipinski definition) is 1. The van der Waals surface area contributed by atoms with Crippen LogP contribution >= 0.6 is 0 Å². The van der Waals surface area contributed by atoms with Gasteiger partial charge in [-0.2, -0.15) is 0 Å². The van der Waals surface area contributed by atoms with Gasteiger partial charge in [0.15, 0.2) is 0 Å². The standard InChI is InChI=1S/C16H24N4O/c1-2-4-15(21)20-8-6-14-13(11-20)10-18-16(19-14)12-5-3-7-17-9-12/h10,12,17H,2-9,11H2,1H3. The van der Waals surface area contributed by atoms with E-state index < -0.39 is 0 Å². The molecule has 0 spiro atoms. The van der Waals surface area contributed by atoms with Crippen molar-refractivity contribution in [3.63, 3.8) is 0 Å². The molecule has 5 nitrogen and oxygen atoms in total. The number of carbonyl (C=O) groups is 1. The van der Waals surface area contributed by atoms with Crippen LogP contribution in [0.2, 0.25) is 0 Å². The number of nitrogens with zero attached hydrogens (tertiary/aromatic N) is 3. The zero-order chi connectivity index (χ0) is 14.7. The molecule has 1 aromatic rings. The van der Waals surface area contributed by atoms with Crippen molar-refractivity contribution in [1.29, 1.82) is 0 Å². The maximum Gasteiger partial charge on any atom is 0.222 e. The summed E-state index contributed by atoms with van der Waals surface area (Å²) in [5, 5.41) is 3.42. The van der Waals surface area contributed by atoms with Crippen LogP contribution in [0.3, 0.4) is 0 Å². The van der Waals surface area contributed by atoms with E-state index in [9.17, 15) is 4.79 Å². The molecule has 2 aliphatic rings. The van der Waals surface area contributed by atoms with E-state index in [1.807, 2.05) is 18.0 Å².